The molecule has 1 fully saturated rings. The van der Waals surface area contributed by atoms with Gasteiger partial charge in [-0.3, -0.25) is 0 Å². The summed E-state index contributed by atoms with van der Waals surface area (Å²) in [6.07, 6.45) is 2.99. The quantitative estimate of drug-likeness (QED) is 0.815. The summed E-state index contributed by atoms with van der Waals surface area (Å²) in [6.45, 7) is 2.71. The number of methoxy groups -OCH3 is 1. The van der Waals surface area contributed by atoms with Gasteiger partial charge in [0.05, 0.1) is 12.8 Å². The van der Waals surface area contributed by atoms with Crippen LogP contribution in [0.1, 0.15) is 19.2 Å². The van der Waals surface area contributed by atoms with E-state index < -0.39 is 10.0 Å². The number of H-pyrrole nitrogens is 1. The van der Waals surface area contributed by atoms with Crippen molar-refractivity contribution in [3.8, 4) is 0 Å². The molecule has 1 aliphatic rings. The summed E-state index contributed by atoms with van der Waals surface area (Å²) in [4.78, 5) is 6.99. The van der Waals surface area contributed by atoms with E-state index in [-0.39, 0.29) is 11.1 Å². The van der Waals surface area contributed by atoms with Crippen molar-refractivity contribution in [3.63, 3.8) is 0 Å². The molecule has 0 amide bonds. The molecule has 0 radical (unpaired) electrons. The summed E-state index contributed by atoms with van der Waals surface area (Å²) in [5.41, 5.74) is 0. The van der Waals surface area contributed by atoms with Gasteiger partial charge in [-0.2, -0.15) is 16.1 Å². The number of hydrogen-bond donors (Lipinski definition) is 1. The summed E-state index contributed by atoms with van der Waals surface area (Å²) >= 11 is 1.79. The zero-order valence-electron chi connectivity index (χ0n) is 11.8. The average molecular weight is 319 g/mol. The topological polar surface area (TPSA) is 75.3 Å². The van der Waals surface area contributed by atoms with E-state index in [2.05, 4.69) is 9.97 Å². The Bertz CT molecular complexity index is 524. The molecule has 114 valence electrons. The molecule has 1 N–H and O–H groups in total. The number of thioether (sulfide) groups is 1. The molecule has 1 aliphatic heterocycles. The Morgan fingerprint density at radius 1 is 1.60 bits per heavy atom. The molecule has 1 unspecified atom stereocenters. The minimum Gasteiger partial charge on any atom is -0.383 e. The van der Waals surface area contributed by atoms with E-state index in [1.54, 1.807) is 23.2 Å². The third kappa shape index (κ3) is 3.36. The summed E-state index contributed by atoms with van der Waals surface area (Å²) in [5.74, 6) is 2.54. The van der Waals surface area contributed by atoms with Crippen molar-refractivity contribution in [2.45, 2.75) is 30.8 Å². The zero-order valence-corrected chi connectivity index (χ0v) is 13.5. The highest BCUT2D eigenvalue weighted by molar-refractivity contribution is 7.99. The number of imidazole rings is 1. The normalized spacial score (nSPS) is 19.9. The van der Waals surface area contributed by atoms with Crippen LogP contribution in [0.3, 0.4) is 0 Å². The van der Waals surface area contributed by atoms with E-state index >= 15 is 0 Å². The third-order valence-electron chi connectivity index (χ3n) is 3.36. The van der Waals surface area contributed by atoms with E-state index in [0.717, 1.165) is 17.9 Å². The van der Waals surface area contributed by atoms with Crippen LogP contribution in [0.25, 0.3) is 0 Å². The Hall–Kier alpha value is -0.570. The van der Waals surface area contributed by atoms with Crippen molar-refractivity contribution in [3.05, 3.63) is 12.0 Å². The molecular weight excluding hydrogens is 298 g/mol. The second kappa shape index (κ2) is 6.93. The van der Waals surface area contributed by atoms with E-state index in [0.29, 0.717) is 25.4 Å². The lowest BCUT2D eigenvalue weighted by Crippen LogP contribution is -2.42. The molecule has 6 nitrogen and oxygen atoms in total. The first kappa shape index (κ1) is 15.8. The third-order valence-corrected chi connectivity index (χ3v) is 6.36. The largest absolute Gasteiger partial charge is 0.383 e. The fourth-order valence-electron chi connectivity index (χ4n) is 2.21. The molecule has 8 heteroatoms. The molecular formula is C12H21N3O3S2. The van der Waals surface area contributed by atoms with Crippen LogP contribution in [0, 0.1) is 0 Å². The number of nitrogens with one attached hydrogen (secondary N) is 1. The van der Waals surface area contributed by atoms with Gasteiger partial charge in [-0.1, -0.05) is 6.92 Å². The number of sulfonamides is 1. The fourth-order valence-corrected chi connectivity index (χ4v) is 5.10. The fraction of sp³-hybridized carbons (Fsp3) is 0.750. The van der Waals surface area contributed by atoms with Crippen molar-refractivity contribution in [2.24, 2.45) is 0 Å². The van der Waals surface area contributed by atoms with E-state index in [1.807, 2.05) is 6.92 Å². The van der Waals surface area contributed by atoms with Gasteiger partial charge in [-0.15, -0.1) is 0 Å². The minimum atomic E-state index is -3.52. The number of hydrogen-bond acceptors (Lipinski definition) is 5. The maximum atomic E-state index is 12.7. The van der Waals surface area contributed by atoms with Gasteiger partial charge in [0.15, 0.2) is 5.03 Å². The molecule has 20 heavy (non-hydrogen) atoms. The lowest BCUT2D eigenvalue weighted by Gasteiger charge is -2.26. The van der Waals surface area contributed by atoms with Crippen LogP contribution in [-0.4, -0.2) is 60.5 Å². The van der Waals surface area contributed by atoms with Crippen LogP contribution >= 0.6 is 11.8 Å². The number of aromatic nitrogens is 2. The van der Waals surface area contributed by atoms with Crippen molar-refractivity contribution in [1.82, 2.24) is 14.3 Å². The van der Waals surface area contributed by atoms with Gasteiger partial charge < -0.3 is 9.72 Å². The predicted octanol–water partition coefficient (Wildman–Crippen LogP) is 1.11. The van der Waals surface area contributed by atoms with Gasteiger partial charge in [0.2, 0.25) is 0 Å². The lowest BCUT2D eigenvalue weighted by atomic mass is 10.3. The molecule has 1 saturated heterocycles. The van der Waals surface area contributed by atoms with Gasteiger partial charge in [0, 0.05) is 31.9 Å². The molecule has 1 atom stereocenters. The van der Waals surface area contributed by atoms with Crippen molar-refractivity contribution in [1.29, 1.82) is 0 Å². The Balaban J connectivity index is 2.24. The lowest BCUT2D eigenvalue weighted by molar-refractivity contribution is 0.169. The Morgan fingerprint density at radius 2 is 2.40 bits per heavy atom. The molecule has 2 rings (SSSR count). The summed E-state index contributed by atoms with van der Waals surface area (Å²) in [5, 5.41) is 0.183. The van der Waals surface area contributed by atoms with Crippen molar-refractivity contribution < 1.29 is 13.2 Å². The van der Waals surface area contributed by atoms with Gasteiger partial charge in [-0.25, -0.2) is 13.4 Å². The van der Waals surface area contributed by atoms with E-state index in [9.17, 15) is 8.42 Å². The molecule has 0 spiro atoms. The van der Waals surface area contributed by atoms with Crippen LogP contribution in [0.4, 0.5) is 0 Å². The highest BCUT2D eigenvalue weighted by Crippen LogP contribution is 2.26. The van der Waals surface area contributed by atoms with Gasteiger partial charge in [-0.05, 0) is 12.2 Å². The first-order valence-corrected chi connectivity index (χ1v) is 9.31. The number of nitrogens with zero attached hydrogens (tertiary/aromatic N) is 2. The zero-order chi connectivity index (χ0) is 14.6. The average Bonchev–Trinajstić information content (AvgIpc) is 3.10. The standard InChI is InChI=1S/C12H21N3O3S2/c1-3-11-13-8-12(14-11)20(16,17)15(5-6-18-2)10-4-7-19-9-10/h8,10H,3-7,9H2,1-2H3,(H,13,14). The predicted molar refractivity (Wildman–Crippen MR) is 79.5 cm³/mol. The van der Waals surface area contributed by atoms with Crippen molar-refractivity contribution in [2.75, 3.05) is 31.8 Å². The second-order valence-electron chi connectivity index (χ2n) is 4.67. The second-order valence-corrected chi connectivity index (χ2v) is 7.68. The van der Waals surface area contributed by atoms with Crippen LogP contribution in [0.5, 0.6) is 0 Å². The molecule has 1 aromatic heterocycles. The Labute approximate surface area is 124 Å². The van der Waals surface area contributed by atoms with Crippen molar-refractivity contribution >= 4 is 21.8 Å². The minimum absolute atomic E-state index is 0.0496. The molecule has 0 bridgehead atoms. The SMILES string of the molecule is CCc1ncc(S(=O)(=O)N(CCOC)C2CCSC2)[nH]1. The molecule has 0 saturated carbocycles. The van der Waals surface area contributed by atoms with Gasteiger partial charge in [0.25, 0.3) is 10.0 Å². The number of aryl methyl sites for hydroxylation is 1. The van der Waals surface area contributed by atoms with Crippen LogP contribution in [0.15, 0.2) is 11.2 Å². The molecule has 2 heterocycles. The Morgan fingerprint density at radius 3 is 2.95 bits per heavy atom. The summed E-state index contributed by atoms with van der Waals surface area (Å²) in [6, 6.07) is 0.0496. The summed E-state index contributed by atoms with van der Waals surface area (Å²) < 4.78 is 32.1. The maximum absolute atomic E-state index is 12.7. The van der Waals surface area contributed by atoms with E-state index in [4.69, 9.17) is 4.74 Å². The first-order chi connectivity index (χ1) is 9.59. The summed E-state index contributed by atoms with van der Waals surface area (Å²) in [7, 11) is -1.94. The molecule has 0 aliphatic carbocycles. The number of ether oxygens (including phenoxy) is 1. The maximum Gasteiger partial charge on any atom is 0.260 e. The Kier molecular flexibility index (Phi) is 5.48. The highest BCUT2D eigenvalue weighted by Gasteiger charge is 2.34. The molecule has 1 aromatic rings. The highest BCUT2D eigenvalue weighted by atomic mass is 32.2. The van der Waals surface area contributed by atoms with E-state index in [1.165, 1.54) is 6.20 Å². The smallest absolute Gasteiger partial charge is 0.260 e. The van der Waals surface area contributed by atoms with Gasteiger partial charge in [0.1, 0.15) is 5.82 Å². The number of aromatic amines is 1. The van der Waals surface area contributed by atoms with Gasteiger partial charge >= 0.3 is 0 Å². The molecule has 0 aromatic carbocycles. The first-order valence-electron chi connectivity index (χ1n) is 6.72. The van der Waals surface area contributed by atoms with Crippen LogP contribution in [-0.2, 0) is 21.2 Å². The van der Waals surface area contributed by atoms with Crippen LogP contribution in [0.2, 0.25) is 0 Å². The van der Waals surface area contributed by atoms with Crippen LogP contribution < -0.4 is 0 Å². The number of rotatable bonds is 7. The monoisotopic (exact) mass is 319 g/mol.